The Morgan fingerprint density at radius 2 is 2.08 bits per heavy atom. The van der Waals surface area contributed by atoms with Gasteiger partial charge in [0.2, 0.25) is 0 Å². The molecule has 0 aliphatic carbocycles. The van der Waals surface area contributed by atoms with E-state index in [2.05, 4.69) is 26.1 Å². The molecular formula is C10H19NO2. The standard InChI is InChI=1S/C10H19NO2/c1-5-10(3,4)11-7-6-8(2)9(12)13/h6,11H,5,7H2,1-4H3,(H,12,13)/b8-6-. The molecule has 0 saturated carbocycles. The van der Waals surface area contributed by atoms with Gasteiger partial charge < -0.3 is 10.4 Å². The molecule has 0 heterocycles. The molecule has 0 radical (unpaired) electrons. The van der Waals surface area contributed by atoms with Crippen molar-refractivity contribution in [1.29, 1.82) is 0 Å². The van der Waals surface area contributed by atoms with E-state index in [0.717, 1.165) is 6.42 Å². The van der Waals surface area contributed by atoms with Gasteiger partial charge in [-0.2, -0.15) is 0 Å². The van der Waals surface area contributed by atoms with E-state index in [-0.39, 0.29) is 5.54 Å². The van der Waals surface area contributed by atoms with E-state index in [4.69, 9.17) is 5.11 Å². The Balaban J connectivity index is 3.92. The Labute approximate surface area is 79.8 Å². The Kier molecular flexibility index (Phi) is 4.70. The van der Waals surface area contributed by atoms with Crippen LogP contribution in [-0.4, -0.2) is 23.2 Å². The molecule has 0 saturated heterocycles. The van der Waals surface area contributed by atoms with Crippen molar-refractivity contribution in [3.8, 4) is 0 Å². The molecule has 0 spiro atoms. The summed E-state index contributed by atoms with van der Waals surface area (Å²) in [5, 5.41) is 11.8. The Hall–Kier alpha value is -0.830. The second-order valence-electron chi connectivity index (χ2n) is 3.81. The van der Waals surface area contributed by atoms with E-state index in [1.54, 1.807) is 13.0 Å². The van der Waals surface area contributed by atoms with Gasteiger partial charge in [0.15, 0.2) is 0 Å². The number of carboxylic acids is 1. The van der Waals surface area contributed by atoms with Crippen molar-refractivity contribution in [2.75, 3.05) is 6.54 Å². The largest absolute Gasteiger partial charge is 0.478 e. The summed E-state index contributed by atoms with van der Waals surface area (Å²) in [7, 11) is 0. The van der Waals surface area contributed by atoms with Crippen LogP contribution in [0.2, 0.25) is 0 Å². The lowest BCUT2D eigenvalue weighted by molar-refractivity contribution is -0.132. The van der Waals surface area contributed by atoms with Gasteiger partial charge in [-0.15, -0.1) is 0 Å². The summed E-state index contributed by atoms with van der Waals surface area (Å²) in [6.45, 7) is 8.50. The first-order valence-corrected chi connectivity index (χ1v) is 4.54. The molecule has 0 aromatic rings. The van der Waals surface area contributed by atoms with Gasteiger partial charge >= 0.3 is 5.97 Å². The molecule has 3 heteroatoms. The molecule has 0 aliphatic rings. The average molecular weight is 185 g/mol. The minimum atomic E-state index is -0.851. The molecule has 0 fully saturated rings. The highest BCUT2D eigenvalue weighted by molar-refractivity contribution is 5.85. The van der Waals surface area contributed by atoms with Crippen LogP contribution in [0.15, 0.2) is 11.6 Å². The van der Waals surface area contributed by atoms with Crippen LogP contribution in [0.1, 0.15) is 34.1 Å². The molecule has 76 valence electrons. The van der Waals surface area contributed by atoms with Gasteiger partial charge in [-0.1, -0.05) is 13.0 Å². The molecule has 3 nitrogen and oxygen atoms in total. The minimum Gasteiger partial charge on any atom is -0.478 e. The maximum atomic E-state index is 10.4. The fourth-order valence-electron chi connectivity index (χ4n) is 0.693. The first kappa shape index (κ1) is 12.2. The Morgan fingerprint density at radius 1 is 1.54 bits per heavy atom. The lowest BCUT2D eigenvalue weighted by atomic mass is 10.0. The fraction of sp³-hybridized carbons (Fsp3) is 0.700. The summed E-state index contributed by atoms with van der Waals surface area (Å²) >= 11 is 0. The molecule has 2 N–H and O–H groups in total. The topological polar surface area (TPSA) is 49.3 Å². The predicted molar refractivity (Wildman–Crippen MR) is 53.8 cm³/mol. The number of nitrogens with one attached hydrogen (secondary N) is 1. The number of carbonyl (C=O) groups is 1. The van der Waals surface area contributed by atoms with Crippen molar-refractivity contribution >= 4 is 5.97 Å². The minimum absolute atomic E-state index is 0.0787. The molecule has 0 atom stereocenters. The van der Waals surface area contributed by atoms with Crippen LogP contribution in [0.4, 0.5) is 0 Å². The van der Waals surface area contributed by atoms with Crippen molar-refractivity contribution in [2.45, 2.75) is 39.7 Å². The maximum absolute atomic E-state index is 10.4. The number of hydrogen-bond acceptors (Lipinski definition) is 2. The second kappa shape index (κ2) is 5.02. The van der Waals surface area contributed by atoms with Crippen LogP contribution < -0.4 is 5.32 Å². The molecule has 0 aromatic carbocycles. The lowest BCUT2D eigenvalue weighted by Gasteiger charge is -2.23. The van der Waals surface area contributed by atoms with Gasteiger partial charge in [-0.25, -0.2) is 4.79 Å². The van der Waals surface area contributed by atoms with Crippen LogP contribution in [0.25, 0.3) is 0 Å². The number of aliphatic carboxylic acids is 1. The highest BCUT2D eigenvalue weighted by Crippen LogP contribution is 2.06. The molecular weight excluding hydrogens is 166 g/mol. The van der Waals surface area contributed by atoms with Gasteiger partial charge in [0.1, 0.15) is 0 Å². The quantitative estimate of drug-likeness (QED) is 0.642. The third-order valence-corrected chi connectivity index (χ3v) is 2.21. The molecule has 13 heavy (non-hydrogen) atoms. The van der Waals surface area contributed by atoms with E-state index in [9.17, 15) is 4.79 Å². The van der Waals surface area contributed by atoms with Crippen LogP contribution in [-0.2, 0) is 4.79 Å². The zero-order chi connectivity index (χ0) is 10.5. The molecule has 0 aliphatic heterocycles. The van der Waals surface area contributed by atoms with Crippen LogP contribution in [0, 0.1) is 0 Å². The highest BCUT2D eigenvalue weighted by atomic mass is 16.4. The summed E-state index contributed by atoms with van der Waals surface area (Å²) in [6.07, 6.45) is 2.71. The van der Waals surface area contributed by atoms with E-state index >= 15 is 0 Å². The summed E-state index contributed by atoms with van der Waals surface area (Å²) < 4.78 is 0. The van der Waals surface area contributed by atoms with Crippen molar-refractivity contribution in [3.05, 3.63) is 11.6 Å². The number of hydrogen-bond donors (Lipinski definition) is 2. The van der Waals surface area contributed by atoms with Crippen molar-refractivity contribution < 1.29 is 9.90 Å². The molecule has 0 amide bonds. The number of rotatable bonds is 5. The third kappa shape index (κ3) is 5.42. The predicted octanol–water partition coefficient (Wildman–Crippen LogP) is 1.80. The lowest BCUT2D eigenvalue weighted by Crippen LogP contribution is -2.38. The van der Waals surface area contributed by atoms with E-state index < -0.39 is 5.97 Å². The molecule has 0 rings (SSSR count). The average Bonchev–Trinajstić information content (AvgIpc) is 2.04. The SMILES string of the molecule is CCC(C)(C)NC/C=C(/C)C(=O)O. The maximum Gasteiger partial charge on any atom is 0.330 e. The number of carboxylic acid groups (broad SMARTS) is 1. The van der Waals surface area contributed by atoms with Crippen LogP contribution in [0.5, 0.6) is 0 Å². The van der Waals surface area contributed by atoms with E-state index in [0.29, 0.717) is 12.1 Å². The van der Waals surface area contributed by atoms with Crippen LogP contribution in [0.3, 0.4) is 0 Å². The Morgan fingerprint density at radius 3 is 2.46 bits per heavy atom. The summed E-state index contributed by atoms with van der Waals surface area (Å²) in [5.74, 6) is -0.851. The van der Waals surface area contributed by atoms with E-state index in [1.807, 2.05) is 0 Å². The first-order valence-electron chi connectivity index (χ1n) is 4.54. The van der Waals surface area contributed by atoms with Crippen molar-refractivity contribution in [3.63, 3.8) is 0 Å². The van der Waals surface area contributed by atoms with Gasteiger partial charge in [0.05, 0.1) is 0 Å². The van der Waals surface area contributed by atoms with Gasteiger partial charge in [0.25, 0.3) is 0 Å². The smallest absolute Gasteiger partial charge is 0.330 e. The monoisotopic (exact) mass is 185 g/mol. The summed E-state index contributed by atoms with van der Waals surface area (Å²) in [5.41, 5.74) is 0.467. The second-order valence-corrected chi connectivity index (χ2v) is 3.81. The highest BCUT2D eigenvalue weighted by Gasteiger charge is 2.12. The van der Waals surface area contributed by atoms with Gasteiger partial charge in [0, 0.05) is 17.7 Å². The molecule has 0 aromatic heterocycles. The zero-order valence-electron chi connectivity index (χ0n) is 8.85. The van der Waals surface area contributed by atoms with Crippen LogP contribution >= 0.6 is 0 Å². The first-order chi connectivity index (χ1) is 5.89. The summed E-state index contributed by atoms with van der Waals surface area (Å²) in [6, 6.07) is 0. The van der Waals surface area contributed by atoms with E-state index in [1.165, 1.54) is 0 Å². The van der Waals surface area contributed by atoms with Crippen molar-refractivity contribution in [2.24, 2.45) is 0 Å². The third-order valence-electron chi connectivity index (χ3n) is 2.21. The fourth-order valence-corrected chi connectivity index (χ4v) is 0.693. The van der Waals surface area contributed by atoms with Gasteiger partial charge in [-0.3, -0.25) is 0 Å². The normalized spacial score (nSPS) is 13.1. The molecule has 0 unspecified atom stereocenters. The van der Waals surface area contributed by atoms with Gasteiger partial charge in [-0.05, 0) is 27.2 Å². The summed E-state index contributed by atoms with van der Waals surface area (Å²) in [4.78, 5) is 10.4. The zero-order valence-corrected chi connectivity index (χ0v) is 8.85. The van der Waals surface area contributed by atoms with Crippen molar-refractivity contribution in [1.82, 2.24) is 5.32 Å². The Bertz CT molecular complexity index is 207. The molecule has 0 bridgehead atoms.